The van der Waals surface area contributed by atoms with Crippen molar-refractivity contribution < 1.29 is 19.8 Å². The van der Waals surface area contributed by atoms with Crippen LogP contribution in [-0.2, 0) is 4.79 Å². The quantitative estimate of drug-likeness (QED) is 0.598. The molecule has 1 aliphatic heterocycles. The molecule has 1 rings (SSSR count). The lowest BCUT2D eigenvalue weighted by Gasteiger charge is -2.37. The number of hydrogen-bond donors (Lipinski definition) is 3. The summed E-state index contributed by atoms with van der Waals surface area (Å²) in [5, 5.41) is 21.1. The molecule has 0 aromatic carbocycles. The molecule has 3 N–H and O–H groups in total. The van der Waals surface area contributed by atoms with Crippen LogP contribution < -0.4 is 5.32 Å². The van der Waals surface area contributed by atoms with Crippen molar-refractivity contribution in [3.8, 4) is 12.3 Å². The summed E-state index contributed by atoms with van der Waals surface area (Å²) in [5.74, 6) is 1.10. The second kappa shape index (κ2) is 7.29. The van der Waals surface area contributed by atoms with Crippen LogP contribution in [0.2, 0.25) is 0 Å². The van der Waals surface area contributed by atoms with E-state index < -0.39 is 23.6 Å². The number of terminal acetylenes is 1. The summed E-state index contributed by atoms with van der Waals surface area (Å²) in [4.78, 5) is 26.6. The number of carboxylic acids is 1. The summed E-state index contributed by atoms with van der Waals surface area (Å²) in [6, 6.07) is -1.47. The fourth-order valence-electron chi connectivity index (χ4n) is 2.21. The van der Waals surface area contributed by atoms with Gasteiger partial charge >= 0.3 is 12.0 Å². The van der Waals surface area contributed by atoms with Crippen LogP contribution in [0.1, 0.15) is 20.3 Å². The van der Waals surface area contributed by atoms with Crippen LogP contribution in [0.4, 0.5) is 4.79 Å². The van der Waals surface area contributed by atoms with Gasteiger partial charge in [0.25, 0.3) is 0 Å². The molecule has 7 heteroatoms. The molecular weight excluding hydrogens is 274 g/mol. The minimum Gasteiger partial charge on any atom is -0.480 e. The number of β-amino-alcohol motifs (C(OH)–C–C–N with tert-alkyl or cyclic N) is 1. The van der Waals surface area contributed by atoms with Crippen molar-refractivity contribution in [3.63, 3.8) is 0 Å². The molecule has 0 aliphatic carbocycles. The van der Waals surface area contributed by atoms with Gasteiger partial charge in [-0.3, -0.25) is 4.90 Å². The van der Waals surface area contributed by atoms with Crippen molar-refractivity contribution in [1.82, 2.24) is 15.1 Å². The van der Waals surface area contributed by atoms with Gasteiger partial charge in [0.05, 0.1) is 5.60 Å². The highest BCUT2D eigenvalue weighted by Gasteiger charge is 2.27. The molecular formula is C14H23N3O4. The smallest absolute Gasteiger partial charge is 0.327 e. The first-order chi connectivity index (χ1) is 9.73. The molecule has 1 fully saturated rings. The molecule has 21 heavy (non-hydrogen) atoms. The van der Waals surface area contributed by atoms with Gasteiger partial charge < -0.3 is 20.4 Å². The number of aliphatic carboxylic acids is 1. The van der Waals surface area contributed by atoms with Crippen LogP contribution >= 0.6 is 0 Å². The molecule has 1 unspecified atom stereocenters. The normalized spacial score (nSPS) is 17.9. The third kappa shape index (κ3) is 6.02. The average molecular weight is 297 g/mol. The lowest BCUT2D eigenvalue weighted by atomic mass is 10.1. The van der Waals surface area contributed by atoms with Crippen molar-refractivity contribution in [3.05, 3.63) is 0 Å². The van der Waals surface area contributed by atoms with E-state index in [4.69, 9.17) is 11.5 Å². The minimum absolute atomic E-state index is 0.0419. The average Bonchev–Trinajstić information content (AvgIpc) is 2.36. The summed E-state index contributed by atoms with van der Waals surface area (Å²) in [6.07, 6.45) is 5.05. The van der Waals surface area contributed by atoms with E-state index in [1.807, 2.05) is 0 Å². The lowest BCUT2D eigenvalue weighted by molar-refractivity contribution is -0.139. The Morgan fingerprint density at radius 3 is 2.33 bits per heavy atom. The van der Waals surface area contributed by atoms with Crippen molar-refractivity contribution >= 4 is 12.0 Å². The molecule has 0 bridgehead atoms. The van der Waals surface area contributed by atoms with Crippen LogP contribution in [0, 0.1) is 12.3 Å². The largest absolute Gasteiger partial charge is 0.480 e. The number of hydrogen-bond acceptors (Lipinski definition) is 4. The maximum absolute atomic E-state index is 12.0. The van der Waals surface area contributed by atoms with Gasteiger partial charge in [0, 0.05) is 39.1 Å². The van der Waals surface area contributed by atoms with Crippen LogP contribution in [0.15, 0.2) is 0 Å². The molecule has 1 atom stereocenters. The van der Waals surface area contributed by atoms with Crippen molar-refractivity contribution in [2.75, 3.05) is 32.7 Å². The molecule has 0 aromatic rings. The van der Waals surface area contributed by atoms with Crippen molar-refractivity contribution in [2.24, 2.45) is 0 Å². The van der Waals surface area contributed by atoms with E-state index >= 15 is 0 Å². The third-order valence-electron chi connectivity index (χ3n) is 3.19. The van der Waals surface area contributed by atoms with Crippen molar-refractivity contribution in [1.29, 1.82) is 0 Å². The van der Waals surface area contributed by atoms with Crippen LogP contribution in [0.5, 0.6) is 0 Å². The van der Waals surface area contributed by atoms with Gasteiger partial charge in [0.15, 0.2) is 0 Å². The Kier molecular flexibility index (Phi) is 6.00. The van der Waals surface area contributed by atoms with E-state index in [0.29, 0.717) is 32.7 Å². The Labute approximate surface area is 124 Å². The zero-order valence-electron chi connectivity index (χ0n) is 12.5. The number of nitrogens with one attached hydrogen (secondary N) is 1. The SMILES string of the molecule is C#CCC(NC(=O)N1CCN(CC(C)(C)O)CC1)C(=O)O. The van der Waals surface area contributed by atoms with E-state index in [2.05, 4.69) is 16.1 Å². The number of urea groups is 1. The predicted octanol–water partition coefficient (Wildman–Crippen LogP) is -0.439. The molecule has 0 radical (unpaired) electrons. The lowest BCUT2D eigenvalue weighted by Crippen LogP contribution is -2.56. The monoisotopic (exact) mass is 297 g/mol. The van der Waals surface area contributed by atoms with Crippen LogP contribution in [0.25, 0.3) is 0 Å². The summed E-state index contributed by atoms with van der Waals surface area (Å²) < 4.78 is 0. The van der Waals surface area contributed by atoms with Crippen molar-refractivity contribution in [2.45, 2.75) is 31.9 Å². The second-order valence-corrected chi connectivity index (χ2v) is 5.82. The Bertz CT molecular complexity index is 417. The maximum Gasteiger partial charge on any atom is 0.327 e. The summed E-state index contributed by atoms with van der Waals surface area (Å²) in [6.45, 7) is 6.28. The first kappa shape index (κ1) is 17.3. The fourth-order valence-corrected chi connectivity index (χ4v) is 2.21. The predicted molar refractivity (Wildman–Crippen MR) is 77.7 cm³/mol. The standard InChI is InChI=1S/C14H23N3O4/c1-4-5-11(12(18)19)15-13(20)17-8-6-16(7-9-17)10-14(2,3)21/h1,11,21H,5-10H2,2-3H3,(H,15,20)(H,18,19). The molecule has 1 saturated heterocycles. The highest BCUT2D eigenvalue weighted by molar-refractivity contribution is 5.82. The van der Waals surface area contributed by atoms with E-state index in [9.17, 15) is 14.7 Å². The number of nitrogens with zero attached hydrogens (tertiary/aromatic N) is 2. The van der Waals surface area contributed by atoms with Gasteiger partial charge in [-0.2, -0.15) is 0 Å². The van der Waals surface area contributed by atoms with Crippen LogP contribution in [-0.4, -0.2) is 76.4 Å². The molecule has 0 spiro atoms. The van der Waals surface area contributed by atoms with E-state index in [0.717, 1.165) is 0 Å². The number of carbonyl (C=O) groups excluding carboxylic acids is 1. The second-order valence-electron chi connectivity index (χ2n) is 5.82. The number of piperazine rings is 1. The van der Waals surface area contributed by atoms with E-state index in [1.54, 1.807) is 18.7 Å². The third-order valence-corrected chi connectivity index (χ3v) is 3.19. The van der Waals surface area contributed by atoms with Gasteiger partial charge in [-0.1, -0.05) is 0 Å². The Morgan fingerprint density at radius 2 is 1.90 bits per heavy atom. The first-order valence-corrected chi connectivity index (χ1v) is 6.89. The molecule has 0 aromatic heterocycles. The number of aliphatic hydroxyl groups is 1. The zero-order valence-corrected chi connectivity index (χ0v) is 12.5. The van der Waals surface area contributed by atoms with Gasteiger partial charge in [0.1, 0.15) is 6.04 Å². The fraction of sp³-hybridized carbons (Fsp3) is 0.714. The molecule has 0 saturated carbocycles. The number of rotatable bonds is 5. The molecule has 2 amide bonds. The maximum atomic E-state index is 12.0. The topological polar surface area (TPSA) is 93.1 Å². The highest BCUT2D eigenvalue weighted by Crippen LogP contribution is 2.09. The number of carboxylic acid groups (broad SMARTS) is 1. The molecule has 7 nitrogen and oxygen atoms in total. The molecule has 1 heterocycles. The number of carbonyl (C=O) groups is 2. The van der Waals surface area contributed by atoms with E-state index in [-0.39, 0.29) is 6.42 Å². The minimum atomic E-state index is -1.14. The first-order valence-electron chi connectivity index (χ1n) is 6.89. The van der Waals surface area contributed by atoms with Gasteiger partial charge in [0.2, 0.25) is 0 Å². The summed E-state index contributed by atoms with van der Waals surface area (Å²) >= 11 is 0. The van der Waals surface area contributed by atoms with Gasteiger partial charge in [-0.05, 0) is 13.8 Å². The molecule has 1 aliphatic rings. The molecule has 118 valence electrons. The van der Waals surface area contributed by atoms with Gasteiger partial charge in [-0.15, -0.1) is 12.3 Å². The van der Waals surface area contributed by atoms with Crippen LogP contribution in [0.3, 0.4) is 0 Å². The Morgan fingerprint density at radius 1 is 1.33 bits per heavy atom. The Hall–Kier alpha value is -1.78. The van der Waals surface area contributed by atoms with Gasteiger partial charge in [-0.25, -0.2) is 9.59 Å². The van der Waals surface area contributed by atoms with E-state index in [1.165, 1.54) is 0 Å². The summed E-state index contributed by atoms with van der Waals surface area (Å²) in [7, 11) is 0. The highest BCUT2D eigenvalue weighted by atomic mass is 16.4. The number of amides is 2. The zero-order chi connectivity index (χ0) is 16.0. The Balaban J connectivity index is 2.45. The summed E-state index contributed by atoms with van der Waals surface area (Å²) in [5.41, 5.74) is -0.772.